The van der Waals surface area contributed by atoms with Crippen molar-refractivity contribution in [2.24, 2.45) is 0 Å². The van der Waals surface area contributed by atoms with E-state index in [0.717, 1.165) is 30.7 Å². The van der Waals surface area contributed by atoms with Crippen LogP contribution in [0.4, 0.5) is 0 Å². The molecule has 4 rings (SSSR count). The summed E-state index contributed by atoms with van der Waals surface area (Å²) < 4.78 is 2.42. The van der Waals surface area contributed by atoms with Crippen molar-refractivity contribution in [1.82, 2.24) is 24.8 Å². The van der Waals surface area contributed by atoms with E-state index in [1.807, 2.05) is 12.3 Å². The van der Waals surface area contributed by atoms with Crippen LogP contribution in [-0.2, 0) is 6.42 Å². The SMILES string of the molecule is CN1CCCCC1n1c(CC2CCCCN2)nc2cccnc21. The van der Waals surface area contributed by atoms with E-state index in [9.17, 15) is 0 Å². The van der Waals surface area contributed by atoms with Gasteiger partial charge in [0.2, 0.25) is 0 Å². The molecule has 0 aliphatic carbocycles. The molecular weight excluding hydrogens is 286 g/mol. The normalized spacial score (nSPS) is 26.7. The summed E-state index contributed by atoms with van der Waals surface area (Å²) in [6.07, 6.45) is 11.0. The zero-order valence-corrected chi connectivity index (χ0v) is 14.0. The summed E-state index contributed by atoms with van der Waals surface area (Å²) in [6, 6.07) is 4.65. The molecule has 0 amide bonds. The van der Waals surface area contributed by atoms with Crippen LogP contribution in [0.5, 0.6) is 0 Å². The number of nitrogens with zero attached hydrogens (tertiary/aromatic N) is 4. The Balaban J connectivity index is 1.71. The Morgan fingerprint density at radius 2 is 2.13 bits per heavy atom. The second kappa shape index (κ2) is 6.57. The van der Waals surface area contributed by atoms with Crippen molar-refractivity contribution in [2.45, 2.75) is 57.2 Å². The molecule has 5 heteroatoms. The molecule has 0 radical (unpaired) electrons. The quantitative estimate of drug-likeness (QED) is 0.946. The minimum Gasteiger partial charge on any atom is -0.314 e. The number of nitrogens with one attached hydrogen (secondary N) is 1. The molecule has 0 bridgehead atoms. The van der Waals surface area contributed by atoms with Gasteiger partial charge in [-0.3, -0.25) is 9.47 Å². The largest absolute Gasteiger partial charge is 0.314 e. The number of piperidine rings is 2. The number of fused-ring (bicyclic) bond motifs is 1. The fourth-order valence-corrected chi connectivity index (χ4v) is 4.14. The van der Waals surface area contributed by atoms with Crippen molar-refractivity contribution in [1.29, 1.82) is 0 Å². The number of aromatic nitrogens is 3. The molecule has 2 fully saturated rings. The van der Waals surface area contributed by atoms with Crippen LogP contribution in [0.1, 0.15) is 50.5 Å². The van der Waals surface area contributed by atoms with E-state index in [0.29, 0.717) is 12.2 Å². The van der Waals surface area contributed by atoms with Gasteiger partial charge in [-0.25, -0.2) is 9.97 Å². The molecule has 2 aliphatic rings. The topological polar surface area (TPSA) is 46.0 Å². The van der Waals surface area contributed by atoms with Crippen LogP contribution in [0, 0.1) is 0 Å². The van der Waals surface area contributed by atoms with Gasteiger partial charge in [0, 0.05) is 18.7 Å². The smallest absolute Gasteiger partial charge is 0.161 e. The summed E-state index contributed by atoms with van der Waals surface area (Å²) in [6.45, 7) is 2.31. The lowest BCUT2D eigenvalue weighted by Crippen LogP contribution is -2.38. The molecule has 4 heterocycles. The molecule has 2 aromatic heterocycles. The molecule has 2 saturated heterocycles. The lowest BCUT2D eigenvalue weighted by Gasteiger charge is -2.35. The number of hydrogen-bond acceptors (Lipinski definition) is 4. The maximum Gasteiger partial charge on any atom is 0.161 e. The van der Waals surface area contributed by atoms with Gasteiger partial charge in [-0.2, -0.15) is 0 Å². The van der Waals surface area contributed by atoms with Crippen molar-refractivity contribution in [3.8, 4) is 0 Å². The lowest BCUT2D eigenvalue weighted by molar-refractivity contribution is 0.126. The van der Waals surface area contributed by atoms with Gasteiger partial charge in [0.05, 0.1) is 6.17 Å². The Morgan fingerprint density at radius 1 is 1.22 bits per heavy atom. The average molecular weight is 313 g/mol. The molecule has 0 spiro atoms. The third-order valence-corrected chi connectivity index (χ3v) is 5.39. The number of imidazole rings is 1. The molecule has 2 unspecified atom stereocenters. The van der Waals surface area contributed by atoms with Gasteiger partial charge in [-0.1, -0.05) is 6.42 Å². The molecule has 0 saturated carbocycles. The van der Waals surface area contributed by atoms with E-state index >= 15 is 0 Å². The maximum absolute atomic E-state index is 4.95. The first-order valence-corrected chi connectivity index (χ1v) is 9.08. The molecule has 2 aromatic rings. The monoisotopic (exact) mass is 313 g/mol. The highest BCUT2D eigenvalue weighted by molar-refractivity contribution is 5.71. The van der Waals surface area contributed by atoms with Crippen molar-refractivity contribution >= 4 is 11.2 Å². The van der Waals surface area contributed by atoms with Crippen LogP contribution >= 0.6 is 0 Å². The highest BCUT2D eigenvalue weighted by Gasteiger charge is 2.27. The van der Waals surface area contributed by atoms with Crippen LogP contribution < -0.4 is 5.32 Å². The van der Waals surface area contributed by atoms with E-state index in [2.05, 4.69) is 32.9 Å². The first kappa shape index (κ1) is 15.1. The first-order chi connectivity index (χ1) is 11.3. The van der Waals surface area contributed by atoms with Gasteiger partial charge in [-0.05, 0) is 64.4 Å². The number of pyridine rings is 1. The number of rotatable bonds is 3. The third kappa shape index (κ3) is 3.00. The summed E-state index contributed by atoms with van der Waals surface area (Å²) in [5, 5.41) is 3.67. The van der Waals surface area contributed by atoms with E-state index in [1.165, 1.54) is 44.3 Å². The Labute approximate surface area is 138 Å². The van der Waals surface area contributed by atoms with Crippen molar-refractivity contribution < 1.29 is 0 Å². The van der Waals surface area contributed by atoms with Crippen LogP contribution in [0.25, 0.3) is 11.2 Å². The standard InChI is InChI=1S/C18H27N5/c1-22-12-5-3-9-17(22)23-16(13-14-7-2-4-10-19-14)21-15-8-6-11-20-18(15)23/h6,8,11,14,17,19H,2-5,7,9-10,12-13H2,1H3. The molecule has 2 aliphatic heterocycles. The second-order valence-electron chi connectivity index (χ2n) is 7.05. The highest BCUT2D eigenvalue weighted by Crippen LogP contribution is 2.30. The summed E-state index contributed by atoms with van der Waals surface area (Å²) in [7, 11) is 2.24. The fraction of sp³-hybridized carbons (Fsp3) is 0.667. The summed E-state index contributed by atoms with van der Waals surface area (Å²) in [5.74, 6) is 1.21. The summed E-state index contributed by atoms with van der Waals surface area (Å²) >= 11 is 0. The van der Waals surface area contributed by atoms with Gasteiger partial charge < -0.3 is 5.32 Å². The second-order valence-corrected chi connectivity index (χ2v) is 7.05. The summed E-state index contributed by atoms with van der Waals surface area (Å²) in [4.78, 5) is 12.1. The lowest BCUT2D eigenvalue weighted by atomic mass is 10.0. The van der Waals surface area contributed by atoms with Crippen molar-refractivity contribution in [3.05, 3.63) is 24.2 Å². The van der Waals surface area contributed by atoms with Crippen LogP contribution in [0.2, 0.25) is 0 Å². The highest BCUT2D eigenvalue weighted by atomic mass is 15.3. The Bertz CT molecular complexity index is 658. The number of hydrogen-bond donors (Lipinski definition) is 1. The van der Waals surface area contributed by atoms with Crippen LogP contribution in [0.3, 0.4) is 0 Å². The molecule has 2 atom stereocenters. The third-order valence-electron chi connectivity index (χ3n) is 5.39. The van der Waals surface area contributed by atoms with Gasteiger partial charge >= 0.3 is 0 Å². The predicted octanol–water partition coefficient (Wildman–Crippen LogP) is 2.73. The van der Waals surface area contributed by atoms with Gasteiger partial charge in [0.25, 0.3) is 0 Å². The maximum atomic E-state index is 4.95. The molecule has 1 N–H and O–H groups in total. The van der Waals surface area contributed by atoms with Gasteiger partial charge in [-0.15, -0.1) is 0 Å². The van der Waals surface area contributed by atoms with E-state index < -0.39 is 0 Å². The van der Waals surface area contributed by atoms with Crippen LogP contribution in [-0.4, -0.2) is 45.6 Å². The van der Waals surface area contributed by atoms with E-state index in [-0.39, 0.29) is 0 Å². The minimum atomic E-state index is 0.405. The molecule has 23 heavy (non-hydrogen) atoms. The van der Waals surface area contributed by atoms with Gasteiger partial charge in [0.1, 0.15) is 11.3 Å². The van der Waals surface area contributed by atoms with Crippen molar-refractivity contribution in [3.63, 3.8) is 0 Å². The van der Waals surface area contributed by atoms with E-state index in [1.54, 1.807) is 0 Å². The molecule has 124 valence electrons. The Hall–Kier alpha value is -1.46. The first-order valence-electron chi connectivity index (χ1n) is 9.08. The minimum absolute atomic E-state index is 0.405. The fourth-order valence-electron chi connectivity index (χ4n) is 4.14. The Morgan fingerprint density at radius 3 is 2.96 bits per heavy atom. The zero-order chi connectivity index (χ0) is 15.6. The molecule has 5 nitrogen and oxygen atoms in total. The molecule has 0 aromatic carbocycles. The zero-order valence-electron chi connectivity index (χ0n) is 14.0. The van der Waals surface area contributed by atoms with Crippen molar-refractivity contribution in [2.75, 3.05) is 20.1 Å². The van der Waals surface area contributed by atoms with Crippen LogP contribution in [0.15, 0.2) is 18.3 Å². The predicted molar refractivity (Wildman–Crippen MR) is 92.4 cm³/mol. The number of likely N-dealkylation sites (tertiary alicyclic amines) is 1. The summed E-state index contributed by atoms with van der Waals surface area (Å²) in [5.41, 5.74) is 2.09. The Kier molecular flexibility index (Phi) is 4.31. The van der Waals surface area contributed by atoms with Gasteiger partial charge in [0.15, 0.2) is 5.65 Å². The van der Waals surface area contributed by atoms with E-state index in [4.69, 9.17) is 4.98 Å². The molecular formula is C18H27N5. The average Bonchev–Trinajstić information content (AvgIpc) is 2.94.